The first-order valence-electron chi connectivity index (χ1n) is 8.01. The maximum absolute atomic E-state index is 6.22. The van der Waals surface area contributed by atoms with Gasteiger partial charge in [-0.05, 0) is 24.8 Å². The van der Waals surface area contributed by atoms with Crippen LogP contribution in [-0.2, 0) is 10.3 Å². The average molecular weight is 287 g/mol. The molecule has 21 heavy (non-hydrogen) atoms. The molecule has 2 atom stereocenters. The maximum atomic E-state index is 6.22. The van der Waals surface area contributed by atoms with Gasteiger partial charge in [0, 0.05) is 13.2 Å². The molecule has 2 aliphatic heterocycles. The summed E-state index contributed by atoms with van der Waals surface area (Å²) in [6, 6.07) is 10.7. The molecule has 0 amide bonds. The Bertz CT molecular complexity index is 496. The van der Waals surface area contributed by atoms with Crippen LogP contribution >= 0.6 is 0 Å². The van der Waals surface area contributed by atoms with Crippen molar-refractivity contribution in [3.05, 3.63) is 35.9 Å². The number of hydrogen-bond acceptors (Lipinski definition) is 4. The standard InChI is InChI=1S/C17H25N3O/c1-2-10-17(14-7-4-3-5-8-14)13-19-16(18)20(17)12-15-9-6-11-21-15/h3-5,7-8,15H,2,6,9-13H2,1H3,(H2,18,19). The molecule has 2 unspecified atom stereocenters. The van der Waals surface area contributed by atoms with E-state index in [4.69, 9.17) is 10.5 Å². The zero-order valence-corrected chi connectivity index (χ0v) is 12.8. The molecule has 0 bridgehead atoms. The molecule has 2 N–H and O–H groups in total. The van der Waals surface area contributed by atoms with E-state index in [2.05, 4.69) is 47.1 Å². The highest BCUT2D eigenvalue weighted by atomic mass is 16.5. The van der Waals surface area contributed by atoms with Crippen molar-refractivity contribution in [2.75, 3.05) is 19.7 Å². The summed E-state index contributed by atoms with van der Waals surface area (Å²) in [5.74, 6) is 0.669. The average Bonchev–Trinajstić information content (AvgIpc) is 3.13. The molecule has 4 heteroatoms. The fraction of sp³-hybridized carbons (Fsp3) is 0.588. The van der Waals surface area contributed by atoms with Crippen LogP contribution in [0, 0.1) is 0 Å². The second-order valence-corrected chi connectivity index (χ2v) is 6.07. The molecule has 1 aromatic rings. The van der Waals surface area contributed by atoms with Crippen LogP contribution in [0.5, 0.6) is 0 Å². The largest absolute Gasteiger partial charge is 0.376 e. The monoisotopic (exact) mass is 287 g/mol. The quantitative estimate of drug-likeness (QED) is 0.905. The van der Waals surface area contributed by atoms with Crippen LogP contribution in [0.1, 0.15) is 38.2 Å². The third kappa shape index (κ3) is 2.64. The molecule has 0 spiro atoms. The summed E-state index contributed by atoms with van der Waals surface area (Å²) in [6.45, 7) is 4.71. The molecule has 1 aromatic carbocycles. The highest BCUT2D eigenvalue weighted by Crippen LogP contribution is 2.38. The van der Waals surface area contributed by atoms with Gasteiger partial charge in [0.15, 0.2) is 5.96 Å². The van der Waals surface area contributed by atoms with E-state index in [1.807, 2.05) is 0 Å². The van der Waals surface area contributed by atoms with Gasteiger partial charge >= 0.3 is 0 Å². The lowest BCUT2D eigenvalue weighted by Crippen LogP contribution is -2.52. The Morgan fingerprint density at radius 2 is 2.19 bits per heavy atom. The summed E-state index contributed by atoms with van der Waals surface area (Å²) in [5.41, 5.74) is 7.44. The van der Waals surface area contributed by atoms with Crippen LogP contribution in [-0.4, -0.2) is 36.7 Å². The van der Waals surface area contributed by atoms with Crippen LogP contribution < -0.4 is 5.73 Å². The number of guanidine groups is 1. The van der Waals surface area contributed by atoms with Crippen molar-refractivity contribution in [3.63, 3.8) is 0 Å². The third-order valence-corrected chi connectivity index (χ3v) is 4.68. The molecule has 4 nitrogen and oxygen atoms in total. The third-order valence-electron chi connectivity index (χ3n) is 4.68. The van der Waals surface area contributed by atoms with E-state index in [0.29, 0.717) is 5.96 Å². The second-order valence-electron chi connectivity index (χ2n) is 6.07. The highest BCUT2D eigenvalue weighted by Gasteiger charge is 2.44. The molecule has 0 saturated carbocycles. The zero-order chi connectivity index (χ0) is 14.7. The number of hydrogen-bond donors (Lipinski definition) is 1. The van der Waals surface area contributed by atoms with E-state index in [9.17, 15) is 0 Å². The molecule has 114 valence electrons. The van der Waals surface area contributed by atoms with Crippen molar-refractivity contribution in [1.82, 2.24) is 4.90 Å². The Kier molecular flexibility index (Phi) is 4.15. The Labute approximate surface area is 127 Å². The second kappa shape index (κ2) is 6.06. The van der Waals surface area contributed by atoms with Crippen molar-refractivity contribution >= 4 is 5.96 Å². The summed E-state index contributed by atoms with van der Waals surface area (Å²) in [6.07, 6.45) is 4.74. The Balaban J connectivity index is 1.90. The van der Waals surface area contributed by atoms with Crippen molar-refractivity contribution in [2.24, 2.45) is 10.7 Å². The first kappa shape index (κ1) is 14.4. The van der Waals surface area contributed by atoms with Gasteiger partial charge in [0.2, 0.25) is 0 Å². The van der Waals surface area contributed by atoms with E-state index in [1.54, 1.807) is 0 Å². The summed E-state index contributed by atoms with van der Waals surface area (Å²) >= 11 is 0. The van der Waals surface area contributed by atoms with Gasteiger partial charge in [-0.2, -0.15) is 0 Å². The van der Waals surface area contributed by atoms with E-state index < -0.39 is 0 Å². The number of ether oxygens (including phenoxy) is 1. The number of aliphatic imine (C=N–C) groups is 1. The number of benzene rings is 1. The molecule has 2 aliphatic rings. The van der Waals surface area contributed by atoms with Crippen molar-refractivity contribution in [3.8, 4) is 0 Å². The maximum Gasteiger partial charge on any atom is 0.192 e. The zero-order valence-electron chi connectivity index (χ0n) is 12.8. The van der Waals surface area contributed by atoms with Crippen LogP contribution in [0.2, 0.25) is 0 Å². The van der Waals surface area contributed by atoms with Gasteiger partial charge in [0.1, 0.15) is 0 Å². The summed E-state index contributed by atoms with van der Waals surface area (Å²) < 4.78 is 5.82. The van der Waals surface area contributed by atoms with Crippen LogP contribution in [0.4, 0.5) is 0 Å². The van der Waals surface area contributed by atoms with Crippen LogP contribution in [0.25, 0.3) is 0 Å². The molecule has 3 rings (SSSR count). The van der Waals surface area contributed by atoms with Crippen LogP contribution in [0.15, 0.2) is 35.3 Å². The topological polar surface area (TPSA) is 50.8 Å². The minimum Gasteiger partial charge on any atom is -0.376 e. The smallest absolute Gasteiger partial charge is 0.192 e. The molecular formula is C17H25N3O. The summed E-state index contributed by atoms with van der Waals surface area (Å²) in [5, 5.41) is 0. The molecule has 0 radical (unpaired) electrons. The lowest BCUT2D eigenvalue weighted by atomic mass is 9.84. The minimum absolute atomic E-state index is 0.0912. The predicted octanol–water partition coefficient (Wildman–Crippen LogP) is 2.49. The lowest BCUT2D eigenvalue weighted by Gasteiger charge is -2.41. The van der Waals surface area contributed by atoms with Crippen molar-refractivity contribution in [2.45, 2.75) is 44.2 Å². The molecular weight excluding hydrogens is 262 g/mol. The highest BCUT2D eigenvalue weighted by molar-refractivity contribution is 5.81. The van der Waals surface area contributed by atoms with Gasteiger partial charge in [-0.1, -0.05) is 43.7 Å². The van der Waals surface area contributed by atoms with E-state index in [-0.39, 0.29) is 11.6 Å². The number of rotatable bonds is 5. The van der Waals surface area contributed by atoms with E-state index >= 15 is 0 Å². The predicted molar refractivity (Wildman–Crippen MR) is 85.2 cm³/mol. The molecule has 1 saturated heterocycles. The molecule has 2 heterocycles. The van der Waals surface area contributed by atoms with E-state index in [1.165, 1.54) is 5.56 Å². The Morgan fingerprint density at radius 3 is 2.86 bits per heavy atom. The van der Waals surface area contributed by atoms with Crippen molar-refractivity contribution in [1.29, 1.82) is 0 Å². The van der Waals surface area contributed by atoms with E-state index in [0.717, 1.165) is 45.4 Å². The van der Waals surface area contributed by atoms with Gasteiger partial charge in [0.05, 0.1) is 18.2 Å². The fourth-order valence-corrected chi connectivity index (χ4v) is 3.63. The first-order chi connectivity index (χ1) is 10.3. The Hall–Kier alpha value is -1.55. The minimum atomic E-state index is -0.0912. The van der Waals surface area contributed by atoms with Crippen molar-refractivity contribution < 1.29 is 4.74 Å². The first-order valence-corrected chi connectivity index (χ1v) is 8.01. The Morgan fingerprint density at radius 1 is 1.38 bits per heavy atom. The molecule has 0 aliphatic carbocycles. The number of nitrogens with two attached hydrogens (primary N) is 1. The number of nitrogens with zero attached hydrogens (tertiary/aromatic N) is 2. The van der Waals surface area contributed by atoms with Gasteiger partial charge in [-0.15, -0.1) is 0 Å². The fourth-order valence-electron chi connectivity index (χ4n) is 3.63. The normalized spacial score (nSPS) is 28.9. The summed E-state index contributed by atoms with van der Waals surface area (Å²) in [4.78, 5) is 6.87. The summed E-state index contributed by atoms with van der Waals surface area (Å²) in [7, 11) is 0. The van der Waals surface area contributed by atoms with Gasteiger partial charge in [-0.25, -0.2) is 0 Å². The van der Waals surface area contributed by atoms with Gasteiger partial charge in [0.25, 0.3) is 0 Å². The van der Waals surface area contributed by atoms with Crippen LogP contribution in [0.3, 0.4) is 0 Å². The van der Waals surface area contributed by atoms with Gasteiger partial charge < -0.3 is 15.4 Å². The molecule has 0 aromatic heterocycles. The lowest BCUT2D eigenvalue weighted by molar-refractivity contribution is 0.0616. The molecule has 1 fully saturated rings. The van der Waals surface area contributed by atoms with Gasteiger partial charge in [-0.3, -0.25) is 4.99 Å². The SMILES string of the molecule is CCCC1(c2ccccc2)CN=C(N)N1CC1CCCO1.